The van der Waals surface area contributed by atoms with Crippen molar-refractivity contribution in [2.24, 2.45) is 11.6 Å². The van der Waals surface area contributed by atoms with Gasteiger partial charge >= 0.3 is 0 Å². The zero-order valence-corrected chi connectivity index (χ0v) is 11.8. The first-order chi connectivity index (χ1) is 10.3. The Kier molecular flexibility index (Phi) is 5.69. The molecule has 6 heteroatoms. The molecule has 2 aromatic heterocycles. The van der Waals surface area contributed by atoms with Crippen LogP contribution >= 0.6 is 0 Å². The first kappa shape index (κ1) is 15.0. The van der Waals surface area contributed by atoms with Crippen molar-refractivity contribution in [3.63, 3.8) is 0 Å². The number of rotatable bonds is 7. The molecule has 0 unspecified atom stereocenters. The van der Waals surface area contributed by atoms with Crippen LogP contribution in [0.3, 0.4) is 0 Å². The van der Waals surface area contributed by atoms with E-state index in [-0.39, 0.29) is 0 Å². The third kappa shape index (κ3) is 5.21. The zero-order valence-electron chi connectivity index (χ0n) is 11.8. The first-order valence-corrected chi connectivity index (χ1v) is 6.71. The van der Waals surface area contributed by atoms with Gasteiger partial charge in [0.25, 0.3) is 0 Å². The lowest BCUT2D eigenvalue weighted by atomic mass is 10.2. The number of nitrogens with one attached hydrogen (secondary N) is 1. The average Bonchev–Trinajstić information content (AvgIpc) is 2.49. The molecule has 0 fully saturated rings. The van der Waals surface area contributed by atoms with E-state index in [9.17, 15) is 0 Å². The summed E-state index contributed by atoms with van der Waals surface area (Å²) in [5, 5.41) is 0. The molecule has 0 saturated heterocycles. The third-order valence-corrected chi connectivity index (χ3v) is 2.90. The second kappa shape index (κ2) is 7.98. The van der Waals surface area contributed by atoms with Crippen LogP contribution in [0, 0.1) is 0 Å². The van der Waals surface area contributed by atoms with Crippen molar-refractivity contribution < 1.29 is 0 Å². The molecule has 0 aliphatic carbocycles. The molecule has 2 rings (SSSR count). The summed E-state index contributed by atoms with van der Waals surface area (Å²) in [4.78, 5) is 10.9. The van der Waals surface area contributed by atoms with Gasteiger partial charge in [0.1, 0.15) is 0 Å². The Balaban J connectivity index is 2.08. The number of hydrazine groups is 1. The monoisotopic (exact) mass is 284 g/mol. The number of pyridine rings is 2. The standard InChI is InChI=1S/C15H20N6/c16-13(9-20-17)10-21(11-14-5-1-3-7-18-14)12-15-6-2-4-8-19-15/h1-9,20H,10-12,16-17H2/b13-9-. The summed E-state index contributed by atoms with van der Waals surface area (Å²) >= 11 is 0. The molecule has 0 spiro atoms. The molecule has 0 saturated carbocycles. The molecule has 0 aromatic carbocycles. The van der Waals surface area contributed by atoms with Gasteiger partial charge in [0, 0.05) is 43.9 Å². The number of nitrogens with two attached hydrogens (primary N) is 2. The third-order valence-electron chi connectivity index (χ3n) is 2.90. The number of hydrogen-bond acceptors (Lipinski definition) is 6. The van der Waals surface area contributed by atoms with Gasteiger partial charge in [0.15, 0.2) is 0 Å². The van der Waals surface area contributed by atoms with Crippen LogP contribution in [-0.4, -0.2) is 21.4 Å². The van der Waals surface area contributed by atoms with Gasteiger partial charge in [-0.25, -0.2) is 0 Å². The SMILES string of the molecule is NN/C=C(\N)CN(Cc1ccccn1)Cc1ccccn1. The largest absolute Gasteiger partial charge is 0.400 e. The van der Waals surface area contributed by atoms with Gasteiger partial charge in [0.05, 0.1) is 11.4 Å². The smallest absolute Gasteiger partial charge is 0.0544 e. The van der Waals surface area contributed by atoms with Gasteiger partial charge in [-0.2, -0.15) is 0 Å². The fourth-order valence-corrected chi connectivity index (χ4v) is 2.02. The lowest BCUT2D eigenvalue weighted by Crippen LogP contribution is -2.30. The molecule has 0 atom stereocenters. The van der Waals surface area contributed by atoms with E-state index in [0.29, 0.717) is 25.3 Å². The number of nitrogens with zero attached hydrogens (tertiary/aromatic N) is 3. The highest BCUT2D eigenvalue weighted by Gasteiger charge is 2.09. The van der Waals surface area contributed by atoms with Gasteiger partial charge in [-0.1, -0.05) is 12.1 Å². The Hall–Kier alpha value is -2.44. The highest BCUT2D eigenvalue weighted by Crippen LogP contribution is 2.07. The molecular weight excluding hydrogens is 264 g/mol. The van der Waals surface area contributed by atoms with E-state index in [1.54, 1.807) is 18.6 Å². The van der Waals surface area contributed by atoms with Crippen LogP contribution in [0.15, 0.2) is 60.7 Å². The quantitative estimate of drug-likeness (QED) is 0.513. The minimum absolute atomic E-state index is 0.581. The van der Waals surface area contributed by atoms with Crippen LogP contribution in [0.1, 0.15) is 11.4 Å². The highest BCUT2D eigenvalue weighted by molar-refractivity contribution is 5.08. The van der Waals surface area contributed by atoms with E-state index >= 15 is 0 Å². The first-order valence-electron chi connectivity index (χ1n) is 6.71. The van der Waals surface area contributed by atoms with Crippen molar-refractivity contribution in [3.8, 4) is 0 Å². The van der Waals surface area contributed by atoms with E-state index < -0.39 is 0 Å². The van der Waals surface area contributed by atoms with Crippen molar-refractivity contribution in [1.82, 2.24) is 20.3 Å². The zero-order chi connectivity index (χ0) is 14.9. The molecule has 5 N–H and O–H groups in total. The summed E-state index contributed by atoms with van der Waals surface area (Å²) in [6.45, 7) is 1.96. The molecule has 110 valence electrons. The van der Waals surface area contributed by atoms with Gasteiger partial charge < -0.3 is 11.2 Å². The maximum absolute atomic E-state index is 5.93. The molecular formula is C15H20N6. The Bertz CT molecular complexity index is 513. The number of hydrogen-bond donors (Lipinski definition) is 3. The van der Waals surface area contributed by atoms with Crippen molar-refractivity contribution in [3.05, 3.63) is 72.1 Å². The molecule has 0 aliphatic rings. The van der Waals surface area contributed by atoms with Gasteiger partial charge in [0.2, 0.25) is 0 Å². The van der Waals surface area contributed by atoms with E-state index in [1.807, 2.05) is 36.4 Å². The van der Waals surface area contributed by atoms with Crippen LogP contribution in [0.5, 0.6) is 0 Å². The molecule has 0 radical (unpaired) electrons. The normalized spacial score (nSPS) is 11.6. The molecule has 21 heavy (non-hydrogen) atoms. The summed E-state index contributed by atoms with van der Waals surface area (Å²) in [5.74, 6) is 5.26. The Labute approximate surface area is 124 Å². The fourth-order valence-electron chi connectivity index (χ4n) is 2.02. The summed E-state index contributed by atoms with van der Waals surface area (Å²) in [7, 11) is 0. The second-order valence-electron chi connectivity index (χ2n) is 4.67. The van der Waals surface area contributed by atoms with E-state index in [0.717, 1.165) is 11.4 Å². The van der Waals surface area contributed by atoms with E-state index in [1.165, 1.54) is 0 Å². The van der Waals surface area contributed by atoms with Gasteiger partial charge in [-0.3, -0.25) is 20.7 Å². The molecule has 2 aromatic rings. The lowest BCUT2D eigenvalue weighted by molar-refractivity contribution is 0.271. The van der Waals surface area contributed by atoms with Crippen LogP contribution in [0.2, 0.25) is 0 Å². The van der Waals surface area contributed by atoms with E-state index in [4.69, 9.17) is 11.6 Å². The van der Waals surface area contributed by atoms with Gasteiger partial charge in [-0.05, 0) is 24.3 Å². The summed E-state index contributed by atoms with van der Waals surface area (Å²) in [5.41, 5.74) is 11.0. The summed E-state index contributed by atoms with van der Waals surface area (Å²) in [6.07, 6.45) is 5.16. The molecule has 0 aliphatic heterocycles. The summed E-state index contributed by atoms with van der Waals surface area (Å²) < 4.78 is 0. The molecule has 0 bridgehead atoms. The minimum atomic E-state index is 0.581. The van der Waals surface area contributed by atoms with Crippen LogP contribution in [0.4, 0.5) is 0 Å². The van der Waals surface area contributed by atoms with Crippen molar-refractivity contribution in [2.75, 3.05) is 6.54 Å². The predicted molar refractivity (Wildman–Crippen MR) is 82.2 cm³/mol. The van der Waals surface area contributed by atoms with E-state index in [2.05, 4.69) is 20.3 Å². The minimum Gasteiger partial charge on any atom is -0.400 e. The Morgan fingerprint density at radius 3 is 2.05 bits per heavy atom. The number of aromatic nitrogens is 2. The van der Waals surface area contributed by atoms with Crippen LogP contribution in [-0.2, 0) is 13.1 Å². The Morgan fingerprint density at radius 2 is 1.62 bits per heavy atom. The maximum Gasteiger partial charge on any atom is 0.0544 e. The van der Waals surface area contributed by atoms with Crippen molar-refractivity contribution >= 4 is 0 Å². The molecule has 6 nitrogen and oxygen atoms in total. The summed E-state index contributed by atoms with van der Waals surface area (Å²) in [6, 6.07) is 11.7. The highest BCUT2D eigenvalue weighted by atomic mass is 15.2. The van der Waals surface area contributed by atoms with Gasteiger partial charge in [-0.15, -0.1) is 0 Å². The Morgan fingerprint density at radius 1 is 1.05 bits per heavy atom. The van der Waals surface area contributed by atoms with Crippen LogP contribution in [0.25, 0.3) is 0 Å². The molecule has 0 amide bonds. The maximum atomic E-state index is 5.93. The topological polar surface area (TPSA) is 93.1 Å². The van der Waals surface area contributed by atoms with Crippen LogP contribution < -0.4 is 17.0 Å². The second-order valence-corrected chi connectivity index (χ2v) is 4.67. The average molecular weight is 284 g/mol. The predicted octanol–water partition coefficient (Wildman–Crippen LogP) is 0.742. The van der Waals surface area contributed by atoms with Crippen molar-refractivity contribution in [1.29, 1.82) is 0 Å². The fraction of sp³-hybridized carbons (Fsp3) is 0.200. The molecule has 2 heterocycles. The lowest BCUT2D eigenvalue weighted by Gasteiger charge is -2.21. The van der Waals surface area contributed by atoms with Crippen molar-refractivity contribution in [2.45, 2.75) is 13.1 Å².